The maximum atomic E-state index is 5.98. The van der Waals surface area contributed by atoms with Crippen LogP contribution in [-0.4, -0.2) is 38.7 Å². The van der Waals surface area contributed by atoms with Gasteiger partial charge in [0, 0.05) is 19.6 Å². The summed E-state index contributed by atoms with van der Waals surface area (Å²) in [5.41, 5.74) is 5.98. The van der Waals surface area contributed by atoms with Crippen LogP contribution in [-0.2, 0) is 13.1 Å². The molecule has 17 heavy (non-hydrogen) atoms. The fourth-order valence-corrected chi connectivity index (χ4v) is 2.04. The molecule has 6 nitrogen and oxygen atoms in total. The molecule has 6 heteroatoms. The fourth-order valence-electron chi connectivity index (χ4n) is 2.04. The summed E-state index contributed by atoms with van der Waals surface area (Å²) in [6, 6.07) is 0. The van der Waals surface area contributed by atoms with Crippen LogP contribution in [0.2, 0.25) is 0 Å². The van der Waals surface area contributed by atoms with Crippen molar-refractivity contribution in [2.75, 3.05) is 13.1 Å². The van der Waals surface area contributed by atoms with Crippen LogP contribution in [0.5, 0.6) is 0 Å². The van der Waals surface area contributed by atoms with E-state index in [1.54, 1.807) is 6.33 Å². The SMILES string of the molecule is CCn1cnnc1CN=C(N)N1CCCCC1. The molecule has 0 aliphatic carbocycles. The van der Waals surface area contributed by atoms with Gasteiger partial charge in [0.05, 0.1) is 0 Å². The van der Waals surface area contributed by atoms with Gasteiger partial charge in [0.25, 0.3) is 0 Å². The van der Waals surface area contributed by atoms with Gasteiger partial charge >= 0.3 is 0 Å². The highest BCUT2D eigenvalue weighted by atomic mass is 15.3. The minimum absolute atomic E-state index is 0.510. The van der Waals surface area contributed by atoms with Crippen LogP contribution >= 0.6 is 0 Å². The van der Waals surface area contributed by atoms with Crippen LogP contribution in [0.15, 0.2) is 11.3 Å². The number of likely N-dealkylation sites (tertiary alicyclic amines) is 1. The summed E-state index contributed by atoms with van der Waals surface area (Å²) in [7, 11) is 0. The smallest absolute Gasteiger partial charge is 0.191 e. The third kappa shape index (κ3) is 2.95. The third-order valence-corrected chi connectivity index (χ3v) is 3.10. The molecular formula is C11H20N6. The van der Waals surface area contributed by atoms with E-state index in [0.717, 1.165) is 25.5 Å². The molecule has 0 spiro atoms. The average molecular weight is 236 g/mol. The first-order valence-corrected chi connectivity index (χ1v) is 6.23. The largest absolute Gasteiger partial charge is 0.370 e. The molecule has 1 aliphatic heterocycles. The maximum absolute atomic E-state index is 5.98. The molecule has 0 bridgehead atoms. The van der Waals surface area contributed by atoms with Crippen LogP contribution in [0.4, 0.5) is 0 Å². The van der Waals surface area contributed by atoms with Crippen molar-refractivity contribution in [2.24, 2.45) is 10.7 Å². The predicted molar refractivity (Wildman–Crippen MR) is 66.4 cm³/mol. The Morgan fingerprint density at radius 1 is 1.41 bits per heavy atom. The number of piperidine rings is 1. The van der Waals surface area contributed by atoms with Crippen LogP contribution in [0.3, 0.4) is 0 Å². The molecule has 0 unspecified atom stereocenters. The van der Waals surface area contributed by atoms with E-state index >= 15 is 0 Å². The van der Waals surface area contributed by atoms with Crippen molar-refractivity contribution in [3.63, 3.8) is 0 Å². The molecule has 0 aromatic carbocycles. The molecule has 2 N–H and O–H groups in total. The van der Waals surface area contributed by atoms with Gasteiger partial charge < -0.3 is 15.2 Å². The first kappa shape index (κ1) is 11.9. The van der Waals surface area contributed by atoms with Crippen LogP contribution < -0.4 is 5.73 Å². The molecule has 2 rings (SSSR count). The van der Waals surface area contributed by atoms with Gasteiger partial charge in [-0.3, -0.25) is 0 Å². The third-order valence-electron chi connectivity index (χ3n) is 3.10. The van der Waals surface area contributed by atoms with E-state index in [1.165, 1.54) is 19.3 Å². The molecule has 1 aromatic rings. The highest BCUT2D eigenvalue weighted by molar-refractivity contribution is 5.78. The lowest BCUT2D eigenvalue weighted by Crippen LogP contribution is -2.40. The Balaban J connectivity index is 1.95. The van der Waals surface area contributed by atoms with Gasteiger partial charge in [-0.15, -0.1) is 10.2 Å². The van der Waals surface area contributed by atoms with E-state index in [1.807, 2.05) is 4.57 Å². The Kier molecular flexibility index (Phi) is 3.95. The minimum atomic E-state index is 0.510. The molecule has 1 fully saturated rings. The Bertz CT molecular complexity index is 377. The fraction of sp³-hybridized carbons (Fsp3) is 0.727. The summed E-state index contributed by atoms with van der Waals surface area (Å²) in [5.74, 6) is 1.50. The topological polar surface area (TPSA) is 72.3 Å². The summed E-state index contributed by atoms with van der Waals surface area (Å²) in [6.07, 6.45) is 5.44. The molecule has 0 saturated carbocycles. The molecule has 0 radical (unpaired) electrons. The summed E-state index contributed by atoms with van der Waals surface area (Å²) in [4.78, 5) is 6.54. The first-order valence-electron chi connectivity index (χ1n) is 6.23. The number of hydrogen-bond donors (Lipinski definition) is 1. The van der Waals surface area contributed by atoms with Crippen molar-refractivity contribution in [3.05, 3.63) is 12.2 Å². The zero-order valence-electron chi connectivity index (χ0n) is 10.3. The van der Waals surface area contributed by atoms with Gasteiger partial charge in [-0.1, -0.05) is 0 Å². The van der Waals surface area contributed by atoms with E-state index in [4.69, 9.17) is 5.73 Å². The normalized spacial score (nSPS) is 17.5. The number of nitrogens with two attached hydrogens (primary N) is 1. The van der Waals surface area contributed by atoms with Crippen molar-refractivity contribution in [1.82, 2.24) is 19.7 Å². The minimum Gasteiger partial charge on any atom is -0.370 e. The second-order valence-corrected chi connectivity index (χ2v) is 4.26. The van der Waals surface area contributed by atoms with Crippen molar-refractivity contribution in [3.8, 4) is 0 Å². The predicted octanol–water partition coefficient (Wildman–Crippen LogP) is 0.599. The standard InChI is InChI=1S/C11H20N6/c1-2-16-9-14-15-10(16)8-13-11(12)17-6-4-3-5-7-17/h9H,2-8H2,1H3,(H2,12,13). The van der Waals surface area contributed by atoms with E-state index in [-0.39, 0.29) is 0 Å². The lowest BCUT2D eigenvalue weighted by atomic mass is 10.1. The molecule has 1 aliphatic rings. The number of nitrogens with zero attached hydrogens (tertiary/aromatic N) is 5. The zero-order valence-corrected chi connectivity index (χ0v) is 10.3. The Morgan fingerprint density at radius 3 is 2.88 bits per heavy atom. The maximum Gasteiger partial charge on any atom is 0.191 e. The number of rotatable bonds is 3. The quantitative estimate of drug-likeness (QED) is 0.616. The molecule has 1 aromatic heterocycles. The second kappa shape index (κ2) is 5.65. The van der Waals surface area contributed by atoms with Crippen LogP contribution in [0.1, 0.15) is 32.0 Å². The monoisotopic (exact) mass is 236 g/mol. The van der Waals surface area contributed by atoms with Crippen molar-refractivity contribution < 1.29 is 0 Å². The second-order valence-electron chi connectivity index (χ2n) is 4.26. The van der Waals surface area contributed by atoms with Gasteiger partial charge in [0.1, 0.15) is 12.9 Å². The van der Waals surface area contributed by atoms with E-state index in [2.05, 4.69) is 27.0 Å². The number of aromatic nitrogens is 3. The Morgan fingerprint density at radius 2 is 2.18 bits per heavy atom. The summed E-state index contributed by atoms with van der Waals surface area (Å²) in [5, 5.41) is 7.91. The number of aliphatic imine (C=N–C) groups is 1. The van der Waals surface area contributed by atoms with Crippen LogP contribution in [0, 0.1) is 0 Å². The van der Waals surface area contributed by atoms with E-state index in [9.17, 15) is 0 Å². The summed E-state index contributed by atoms with van der Waals surface area (Å²) < 4.78 is 1.98. The van der Waals surface area contributed by atoms with Gasteiger partial charge in [0.15, 0.2) is 11.8 Å². The first-order chi connectivity index (χ1) is 8.31. The van der Waals surface area contributed by atoms with Gasteiger partial charge in [0.2, 0.25) is 0 Å². The van der Waals surface area contributed by atoms with Gasteiger partial charge in [-0.05, 0) is 26.2 Å². The summed E-state index contributed by atoms with van der Waals surface area (Å²) >= 11 is 0. The molecular weight excluding hydrogens is 216 g/mol. The number of hydrogen-bond acceptors (Lipinski definition) is 3. The number of guanidine groups is 1. The molecule has 1 saturated heterocycles. The highest BCUT2D eigenvalue weighted by Crippen LogP contribution is 2.08. The van der Waals surface area contributed by atoms with Gasteiger partial charge in [-0.2, -0.15) is 0 Å². The lowest BCUT2D eigenvalue weighted by Gasteiger charge is -2.27. The zero-order chi connectivity index (χ0) is 12.1. The Hall–Kier alpha value is -1.59. The average Bonchev–Trinajstić information content (AvgIpc) is 2.84. The highest BCUT2D eigenvalue weighted by Gasteiger charge is 2.12. The van der Waals surface area contributed by atoms with Gasteiger partial charge in [-0.25, -0.2) is 4.99 Å². The molecule has 94 valence electrons. The van der Waals surface area contributed by atoms with Crippen LogP contribution in [0.25, 0.3) is 0 Å². The van der Waals surface area contributed by atoms with Crippen molar-refractivity contribution in [1.29, 1.82) is 0 Å². The molecule has 0 amide bonds. The Labute approximate surface area is 102 Å². The lowest BCUT2D eigenvalue weighted by molar-refractivity contribution is 0.338. The molecule has 0 atom stereocenters. The number of aryl methyl sites for hydroxylation is 1. The van der Waals surface area contributed by atoms with Crippen molar-refractivity contribution in [2.45, 2.75) is 39.3 Å². The van der Waals surface area contributed by atoms with E-state index < -0.39 is 0 Å². The van der Waals surface area contributed by atoms with Crippen molar-refractivity contribution >= 4 is 5.96 Å². The molecule has 2 heterocycles. The van der Waals surface area contributed by atoms with E-state index in [0.29, 0.717) is 12.5 Å². The summed E-state index contributed by atoms with van der Waals surface area (Å²) in [6.45, 7) is 5.48.